The van der Waals surface area contributed by atoms with Gasteiger partial charge in [0, 0.05) is 33.9 Å². The summed E-state index contributed by atoms with van der Waals surface area (Å²) in [5.41, 5.74) is 0.467. The molecule has 0 aromatic carbocycles. The number of amides is 1. The summed E-state index contributed by atoms with van der Waals surface area (Å²) in [6.45, 7) is 7.57. The largest absolute Gasteiger partial charge is 0.388 e. The van der Waals surface area contributed by atoms with Crippen molar-refractivity contribution in [3.8, 4) is 0 Å². The van der Waals surface area contributed by atoms with Crippen molar-refractivity contribution in [1.29, 1.82) is 0 Å². The fraction of sp³-hybridized carbons (Fsp3) is 0.933. The molecule has 0 spiro atoms. The van der Waals surface area contributed by atoms with Crippen LogP contribution < -0.4 is 5.32 Å². The van der Waals surface area contributed by atoms with Gasteiger partial charge in [-0.15, -0.1) is 0 Å². The Morgan fingerprint density at radius 1 is 1.15 bits per heavy atom. The van der Waals surface area contributed by atoms with E-state index in [0.717, 1.165) is 6.61 Å². The Balaban J connectivity index is 0. The highest BCUT2D eigenvalue weighted by Gasteiger charge is 2.43. The fourth-order valence-electron chi connectivity index (χ4n) is 2.73. The van der Waals surface area contributed by atoms with E-state index in [0.29, 0.717) is 11.9 Å². The molecule has 2 fully saturated rings. The summed E-state index contributed by atoms with van der Waals surface area (Å²) >= 11 is 0. The van der Waals surface area contributed by atoms with Crippen LogP contribution >= 0.6 is 0 Å². The maximum atomic E-state index is 9.06. The molecular formula is C15H34N2O3. The number of fused-ring (bicyclic) bond motifs is 1. The first-order valence-electron chi connectivity index (χ1n) is 7.45. The zero-order valence-electron chi connectivity index (χ0n) is 14.2. The van der Waals surface area contributed by atoms with E-state index in [4.69, 9.17) is 9.53 Å². The summed E-state index contributed by atoms with van der Waals surface area (Å²) in [7, 11) is 6.64. The van der Waals surface area contributed by atoms with Crippen LogP contribution in [-0.2, 0) is 14.3 Å². The molecule has 2 rings (SSSR count). The van der Waals surface area contributed by atoms with Crippen LogP contribution in [0.5, 0.6) is 0 Å². The molecule has 0 aromatic heterocycles. The number of rotatable bonds is 3. The smallest absolute Gasteiger partial charge is 0.206 e. The molecule has 5 heteroatoms. The van der Waals surface area contributed by atoms with Gasteiger partial charge in [-0.2, -0.15) is 0 Å². The minimum absolute atomic E-state index is 0.467. The lowest BCUT2D eigenvalue weighted by atomic mass is 9.95. The molecule has 2 aliphatic rings. The molecule has 0 atom stereocenters. The molecule has 0 aliphatic carbocycles. The molecule has 0 saturated carbocycles. The lowest BCUT2D eigenvalue weighted by Crippen LogP contribution is -2.42. The van der Waals surface area contributed by atoms with Crippen LogP contribution in [0.1, 0.15) is 39.5 Å². The van der Waals surface area contributed by atoms with E-state index in [-0.39, 0.29) is 0 Å². The van der Waals surface area contributed by atoms with Gasteiger partial charge >= 0.3 is 0 Å². The van der Waals surface area contributed by atoms with Crippen molar-refractivity contribution in [3.05, 3.63) is 0 Å². The van der Waals surface area contributed by atoms with Gasteiger partial charge in [0.15, 0.2) is 0 Å². The second-order valence-corrected chi connectivity index (χ2v) is 4.67. The molecule has 1 N–H and O–H groups in total. The number of carbonyl (C=O) groups is 1. The third kappa shape index (κ3) is 7.82. The maximum Gasteiger partial charge on any atom is 0.206 e. The van der Waals surface area contributed by atoms with Crippen LogP contribution in [-0.4, -0.2) is 64.9 Å². The van der Waals surface area contributed by atoms with Gasteiger partial charge in [0.05, 0.1) is 6.61 Å². The van der Waals surface area contributed by atoms with E-state index in [1.807, 2.05) is 21.0 Å². The molecule has 1 amide bonds. The van der Waals surface area contributed by atoms with E-state index in [1.54, 1.807) is 21.3 Å². The van der Waals surface area contributed by atoms with Gasteiger partial charge in [0.2, 0.25) is 6.41 Å². The molecule has 0 radical (unpaired) electrons. The Morgan fingerprint density at radius 3 is 1.85 bits per heavy atom. The summed E-state index contributed by atoms with van der Waals surface area (Å²) in [6.07, 6.45) is 6.11. The molecule has 2 aliphatic heterocycles. The SMILES string of the molecule is CC.CNC=O.COC.COCC12CCCN1CCC2. The zero-order valence-corrected chi connectivity index (χ0v) is 14.2. The molecule has 2 saturated heterocycles. The highest BCUT2D eigenvalue weighted by Crippen LogP contribution is 2.38. The first-order chi connectivity index (χ1) is 9.70. The van der Waals surface area contributed by atoms with Crippen LogP contribution in [0.3, 0.4) is 0 Å². The molecule has 0 unspecified atom stereocenters. The lowest BCUT2D eigenvalue weighted by molar-refractivity contribution is -0.109. The van der Waals surface area contributed by atoms with Gasteiger partial charge in [-0.3, -0.25) is 9.69 Å². The topological polar surface area (TPSA) is 50.8 Å². The minimum Gasteiger partial charge on any atom is -0.388 e. The molecule has 20 heavy (non-hydrogen) atoms. The number of carbonyl (C=O) groups excluding carboxylic acids is 1. The average molecular weight is 290 g/mol. The van der Waals surface area contributed by atoms with Gasteiger partial charge in [-0.05, 0) is 38.8 Å². The predicted octanol–water partition coefficient (Wildman–Crippen LogP) is 1.91. The van der Waals surface area contributed by atoms with E-state index in [9.17, 15) is 0 Å². The Labute approximate surface area is 125 Å². The van der Waals surface area contributed by atoms with E-state index >= 15 is 0 Å². The number of methoxy groups -OCH3 is 2. The first kappa shape index (κ1) is 21.6. The predicted molar refractivity (Wildman–Crippen MR) is 84.1 cm³/mol. The average Bonchev–Trinajstić information content (AvgIpc) is 3.02. The number of nitrogens with zero attached hydrogens (tertiary/aromatic N) is 1. The van der Waals surface area contributed by atoms with Crippen molar-refractivity contribution in [2.75, 3.05) is 48.1 Å². The van der Waals surface area contributed by atoms with Crippen LogP contribution in [0, 0.1) is 0 Å². The van der Waals surface area contributed by atoms with E-state index < -0.39 is 0 Å². The van der Waals surface area contributed by atoms with Crippen LogP contribution in [0.15, 0.2) is 0 Å². The Morgan fingerprint density at radius 2 is 1.55 bits per heavy atom. The van der Waals surface area contributed by atoms with E-state index in [2.05, 4.69) is 15.0 Å². The van der Waals surface area contributed by atoms with Crippen LogP contribution in [0.4, 0.5) is 0 Å². The first-order valence-corrected chi connectivity index (χ1v) is 7.45. The number of ether oxygens (including phenoxy) is 2. The van der Waals surface area contributed by atoms with Crippen LogP contribution in [0.25, 0.3) is 0 Å². The molecule has 0 aromatic rings. The molecule has 0 bridgehead atoms. The standard InChI is InChI=1S/C9H17NO.C2H5NO.C2H6O.C2H6/c1-11-8-9-4-2-6-10(9)7-3-5-9;1-3-2-4;1-3-2;1-2/h2-8H2,1H3;2H,1H3,(H,3,4);1-2H3;1-2H3. The number of nitrogens with one attached hydrogen (secondary N) is 1. The molecule has 2 heterocycles. The molecule has 122 valence electrons. The summed E-state index contributed by atoms with van der Waals surface area (Å²) in [5, 5.41) is 2.25. The fourth-order valence-corrected chi connectivity index (χ4v) is 2.73. The van der Waals surface area contributed by atoms with Crippen molar-refractivity contribution in [1.82, 2.24) is 10.2 Å². The quantitative estimate of drug-likeness (QED) is 0.807. The summed E-state index contributed by atoms with van der Waals surface area (Å²) in [6, 6.07) is 0. The van der Waals surface area contributed by atoms with Gasteiger partial charge in [-0.1, -0.05) is 13.8 Å². The second kappa shape index (κ2) is 14.8. The summed E-state index contributed by atoms with van der Waals surface area (Å²) in [4.78, 5) is 11.7. The Kier molecular flexibility index (Phi) is 16.0. The molecule has 5 nitrogen and oxygen atoms in total. The van der Waals surface area contributed by atoms with Crippen molar-refractivity contribution in [2.45, 2.75) is 45.1 Å². The zero-order chi connectivity index (χ0) is 15.9. The third-order valence-electron chi connectivity index (χ3n) is 3.34. The van der Waals surface area contributed by atoms with Crippen molar-refractivity contribution >= 4 is 6.41 Å². The third-order valence-corrected chi connectivity index (χ3v) is 3.34. The van der Waals surface area contributed by atoms with Crippen molar-refractivity contribution in [2.24, 2.45) is 0 Å². The normalized spacial score (nSPS) is 18.3. The number of hydrogen-bond acceptors (Lipinski definition) is 4. The Hall–Kier alpha value is -0.650. The Bertz CT molecular complexity index is 203. The van der Waals surface area contributed by atoms with E-state index in [1.165, 1.54) is 38.8 Å². The summed E-state index contributed by atoms with van der Waals surface area (Å²) < 4.78 is 9.54. The van der Waals surface area contributed by atoms with Gasteiger partial charge in [-0.25, -0.2) is 0 Å². The highest BCUT2D eigenvalue weighted by molar-refractivity contribution is 5.44. The lowest BCUT2D eigenvalue weighted by Gasteiger charge is -2.30. The van der Waals surface area contributed by atoms with Crippen LogP contribution in [0.2, 0.25) is 0 Å². The second-order valence-electron chi connectivity index (χ2n) is 4.67. The highest BCUT2D eigenvalue weighted by atomic mass is 16.5. The van der Waals surface area contributed by atoms with Crippen molar-refractivity contribution < 1.29 is 14.3 Å². The molecular weight excluding hydrogens is 256 g/mol. The van der Waals surface area contributed by atoms with Gasteiger partial charge in [0.25, 0.3) is 0 Å². The van der Waals surface area contributed by atoms with Gasteiger partial charge in [0.1, 0.15) is 0 Å². The monoisotopic (exact) mass is 290 g/mol. The summed E-state index contributed by atoms with van der Waals surface area (Å²) in [5.74, 6) is 0. The van der Waals surface area contributed by atoms with Crippen molar-refractivity contribution in [3.63, 3.8) is 0 Å². The minimum atomic E-state index is 0.467. The number of hydrogen-bond donors (Lipinski definition) is 1. The maximum absolute atomic E-state index is 9.06. The van der Waals surface area contributed by atoms with Gasteiger partial charge < -0.3 is 14.8 Å².